The molecule has 98 valence electrons. The normalized spacial score (nSPS) is 16.3. The second-order valence-corrected chi connectivity index (χ2v) is 6.97. The molecular formula is C12H13ClO4S. The Balaban J connectivity index is 2.27. The van der Waals surface area contributed by atoms with Crippen molar-refractivity contribution in [1.29, 1.82) is 0 Å². The van der Waals surface area contributed by atoms with Crippen molar-refractivity contribution in [3.8, 4) is 0 Å². The van der Waals surface area contributed by atoms with Crippen LogP contribution in [0, 0.1) is 5.92 Å². The lowest BCUT2D eigenvalue weighted by Gasteiger charge is -2.24. The fourth-order valence-electron chi connectivity index (χ4n) is 1.93. The summed E-state index contributed by atoms with van der Waals surface area (Å²) in [6, 6.07) is 3.76. The number of halogens is 1. The molecule has 1 saturated carbocycles. The lowest BCUT2D eigenvalue weighted by Crippen LogP contribution is -2.22. The van der Waals surface area contributed by atoms with Gasteiger partial charge in [-0.15, -0.1) is 0 Å². The van der Waals surface area contributed by atoms with Crippen molar-refractivity contribution >= 4 is 27.4 Å². The predicted octanol–water partition coefficient (Wildman–Crippen LogP) is 2.61. The highest BCUT2D eigenvalue weighted by molar-refractivity contribution is 7.91. The molecule has 1 aromatic rings. The van der Waals surface area contributed by atoms with Gasteiger partial charge in [0.1, 0.15) is 0 Å². The molecule has 2 rings (SSSR count). The summed E-state index contributed by atoms with van der Waals surface area (Å²) < 4.78 is 24.1. The van der Waals surface area contributed by atoms with E-state index in [-0.39, 0.29) is 27.2 Å². The van der Waals surface area contributed by atoms with Gasteiger partial charge in [-0.1, -0.05) is 18.0 Å². The Morgan fingerprint density at radius 2 is 2.06 bits per heavy atom. The molecule has 0 heterocycles. The van der Waals surface area contributed by atoms with E-state index < -0.39 is 15.8 Å². The summed E-state index contributed by atoms with van der Waals surface area (Å²) >= 11 is 5.77. The molecule has 1 N–H and O–H groups in total. The zero-order valence-electron chi connectivity index (χ0n) is 9.60. The maximum absolute atomic E-state index is 12.1. The average molecular weight is 289 g/mol. The molecule has 0 atom stereocenters. The third-order valence-electron chi connectivity index (χ3n) is 3.21. The van der Waals surface area contributed by atoms with Crippen molar-refractivity contribution in [2.75, 3.05) is 5.75 Å². The third-order valence-corrected chi connectivity index (χ3v) is 5.41. The molecule has 0 amide bonds. The molecule has 0 spiro atoms. The van der Waals surface area contributed by atoms with Crippen LogP contribution in [0.15, 0.2) is 23.1 Å². The molecule has 4 nitrogen and oxygen atoms in total. The van der Waals surface area contributed by atoms with Crippen LogP contribution in [0.25, 0.3) is 0 Å². The van der Waals surface area contributed by atoms with E-state index in [0.29, 0.717) is 0 Å². The molecule has 0 bridgehead atoms. The highest BCUT2D eigenvalue weighted by Gasteiger charge is 2.26. The van der Waals surface area contributed by atoms with Crippen molar-refractivity contribution in [1.82, 2.24) is 0 Å². The van der Waals surface area contributed by atoms with Crippen LogP contribution in [0.5, 0.6) is 0 Å². The van der Waals surface area contributed by atoms with Crippen LogP contribution < -0.4 is 0 Å². The van der Waals surface area contributed by atoms with Gasteiger partial charge in [0, 0.05) is 0 Å². The van der Waals surface area contributed by atoms with E-state index in [0.717, 1.165) is 19.3 Å². The maximum atomic E-state index is 12.1. The van der Waals surface area contributed by atoms with Gasteiger partial charge >= 0.3 is 5.97 Å². The van der Waals surface area contributed by atoms with Crippen LogP contribution in [0.1, 0.15) is 29.6 Å². The third kappa shape index (κ3) is 2.67. The van der Waals surface area contributed by atoms with Gasteiger partial charge in [0.2, 0.25) is 0 Å². The Bertz CT molecular complexity index is 576. The van der Waals surface area contributed by atoms with Crippen LogP contribution in [0.4, 0.5) is 0 Å². The predicted molar refractivity (Wildman–Crippen MR) is 67.8 cm³/mol. The lowest BCUT2D eigenvalue weighted by molar-refractivity contribution is 0.0697. The Morgan fingerprint density at radius 3 is 2.50 bits per heavy atom. The van der Waals surface area contributed by atoms with Gasteiger partial charge in [-0.05, 0) is 37.0 Å². The Hall–Kier alpha value is -1.07. The number of carboxylic acid groups (broad SMARTS) is 1. The fraction of sp³-hybridized carbons (Fsp3) is 0.417. The molecule has 1 aliphatic rings. The van der Waals surface area contributed by atoms with E-state index in [1.54, 1.807) is 0 Å². The SMILES string of the molecule is O=C(O)c1ccc(S(=O)(=O)CC2CCC2)cc1Cl. The number of benzene rings is 1. The van der Waals surface area contributed by atoms with Crippen LogP contribution >= 0.6 is 11.6 Å². The first-order valence-corrected chi connectivity index (χ1v) is 7.69. The van der Waals surface area contributed by atoms with Gasteiger partial charge in [-0.2, -0.15) is 0 Å². The first-order valence-electron chi connectivity index (χ1n) is 5.66. The molecule has 0 unspecified atom stereocenters. The summed E-state index contributed by atoms with van der Waals surface area (Å²) in [5.74, 6) is -0.814. The number of rotatable bonds is 4. The van der Waals surface area contributed by atoms with Crippen LogP contribution in [-0.2, 0) is 9.84 Å². The quantitative estimate of drug-likeness (QED) is 0.924. The van der Waals surface area contributed by atoms with E-state index in [4.69, 9.17) is 16.7 Å². The minimum Gasteiger partial charge on any atom is -0.478 e. The zero-order chi connectivity index (χ0) is 13.3. The summed E-state index contributed by atoms with van der Waals surface area (Å²) in [6.45, 7) is 0. The van der Waals surface area contributed by atoms with Crippen LogP contribution in [0.2, 0.25) is 5.02 Å². The number of carbonyl (C=O) groups is 1. The summed E-state index contributed by atoms with van der Waals surface area (Å²) in [5, 5.41) is 8.77. The van der Waals surface area contributed by atoms with E-state index in [1.807, 2.05) is 0 Å². The molecule has 1 fully saturated rings. The molecule has 18 heavy (non-hydrogen) atoms. The molecule has 0 aromatic heterocycles. The summed E-state index contributed by atoms with van der Waals surface area (Å²) in [6.07, 6.45) is 2.97. The summed E-state index contributed by atoms with van der Waals surface area (Å²) in [4.78, 5) is 10.9. The highest BCUT2D eigenvalue weighted by Crippen LogP contribution is 2.30. The fourth-order valence-corrected chi connectivity index (χ4v) is 3.97. The van der Waals surface area contributed by atoms with Crippen molar-refractivity contribution in [2.45, 2.75) is 24.2 Å². The molecule has 1 aromatic carbocycles. The van der Waals surface area contributed by atoms with Gasteiger partial charge in [-0.3, -0.25) is 0 Å². The van der Waals surface area contributed by atoms with Crippen LogP contribution in [-0.4, -0.2) is 25.2 Å². The van der Waals surface area contributed by atoms with Crippen molar-refractivity contribution in [3.05, 3.63) is 28.8 Å². The molecule has 0 aliphatic heterocycles. The molecule has 6 heteroatoms. The Labute approximate surface area is 110 Å². The topological polar surface area (TPSA) is 71.4 Å². The minimum absolute atomic E-state index is 0.0443. The minimum atomic E-state index is -3.36. The Kier molecular flexibility index (Phi) is 3.64. The van der Waals surface area contributed by atoms with E-state index in [2.05, 4.69) is 0 Å². The smallest absolute Gasteiger partial charge is 0.337 e. The van der Waals surface area contributed by atoms with E-state index >= 15 is 0 Å². The number of hydrogen-bond acceptors (Lipinski definition) is 3. The first kappa shape index (κ1) is 13.4. The number of carboxylic acids is 1. The van der Waals surface area contributed by atoms with E-state index in [9.17, 15) is 13.2 Å². The van der Waals surface area contributed by atoms with Gasteiger partial charge in [0.25, 0.3) is 0 Å². The standard InChI is InChI=1S/C12H13ClO4S/c13-11-6-9(4-5-10(11)12(14)15)18(16,17)7-8-2-1-3-8/h4-6,8H,1-3,7H2,(H,14,15). The van der Waals surface area contributed by atoms with Gasteiger partial charge in [0.15, 0.2) is 9.84 Å². The Morgan fingerprint density at radius 1 is 1.39 bits per heavy atom. The molecular weight excluding hydrogens is 276 g/mol. The van der Waals surface area contributed by atoms with E-state index in [1.165, 1.54) is 18.2 Å². The largest absolute Gasteiger partial charge is 0.478 e. The number of hydrogen-bond donors (Lipinski definition) is 1. The summed E-state index contributed by atoms with van der Waals surface area (Å²) in [7, 11) is -3.36. The molecule has 0 saturated heterocycles. The van der Waals surface area contributed by atoms with Gasteiger partial charge in [0.05, 0.1) is 21.2 Å². The van der Waals surface area contributed by atoms with Crippen molar-refractivity contribution in [3.63, 3.8) is 0 Å². The maximum Gasteiger partial charge on any atom is 0.337 e. The number of aromatic carboxylic acids is 1. The molecule has 0 radical (unpaired) electrons. The van der Waals surface area contributed by atoms with Crippen LogP contribution in [0.3, 0.4) is 0 Å². The summed E-state index contributed by atoms with van der Waals surface area (Å²) in [5.41, 5.74) is -0.0840. The van der Waals surface area contributed by atoms with Gasteiger partial charge in [-0.25, -0.2) is 13.2 Å². The van der Waals surface area contributed by atoms with Gasteiger partial charge < -0.3 is 5.11 Å². The lowest BCUT2D eigenvalue weighted by atomic mass is 9.87. The number of sulfone groups is 1. The van der Waals surface area contributed by atoms with Crippen molar-refractivity contribution < 1.29 is 18.3 Å². The average Bonchev–Trinajstić information content (AvgIpc) is 2.23. The van der Waals surface area contributed by atoms with Crippen molar-refractivity contribution in [2.24, 2.45) is 5.92 Å². The highest BCUT2D eigenvalue weighted by atomic mass is 35.5. The zero-order valence-corrected chi connectivity index (χ0v) is 11.2. The monoisotopic (exact) mass is 288 g/mol. The second-order valence-electron chi connectivity index (χ2n) is 4.53. The second kappa shape index (κ2) is 4.90. The molecule has 1 aliphatic carbocycles. The first-order chi connectivity index (χ1) is 8.40.